The van der Waals surface area contributed by atoms with Gasteiger partial charge in [-0.05, 0) is 63.0 Å². The normalized spacial score (nSPS) is 15.6. The van der Waals surface area contributed by atoms with Gasteiger partial charge in [0.05, 0.1) is 16.7 Å². The minimum absolute atomic E-state index is 0.841. The van der Waals surface area contributed by atoms with Gasteiger partial charge in [0.2, 0.25) is 0 Å². The second kappa shape index (κ2) is 9.13. The molecule has 2 heterocycles. The Morgan fingerprint density at radius 3 is 2.02 bits per heavy atom. The Morgan fingerprint density at radius 1 is 0.535 bits per heavy atom. The summed E-state index contributed by atoms with van der Waals surface area (Å²) in [4.78, 5) is 5.15. The number of fused-ring (bicyclic) bond motifs is 5. The molecule has 0 fully saturated rings. The maximum atomic E-state index is 15.2. The fourth-order valence-electron chi connectivity index (χ4n) is 6.85. The highest BCUT2D eigenvalue weighted by Crippen LogP contribution is 2.50. The fraction of sp³-hybridized carbons (Fsp3) is 0. The van der Waals surface area contributed by atoms with Gasteiger partial charge in [-0.25, -0.2) is 4.98 Å². The van der Waals surface area contributed by atoms with Crippen molar-refractivity contribution in [3.05, 3.63) is 152 Å². The summed E-state index contributed by atoms with van der Waals surface area (Å²) in [6.07, 6.45) is 0. The first-order valence-corrected chi connectivity index (χ1v) is 16.2. The SMILES string of the molecule is O=P1(c2ccccc2)c2ccccc2-n2c(-c3ccc(-c4cc5ccccc5c5ccccc45)cc3)nc3cccc1c32. The van der Waals surface area contributed by atoms with E-state index in [4.69, 9.17) is 4.98 Å². The van der Waals surface area contributed by atoms with Crippen LogP contribution in [0.3, 0.4) is 0 Å². The van der Waals surface area contributed by atoms with Crippen molar-refractivity contribution in [2.24, 2.45) is 0 Å². The monoisotopic (exact) mass is 568 g/mol. The molecular formula is C39H25N2OP. The molecule has 0 amide bonds. The molecule has 0 spiro atoms. The quantitative estimate of drug-likeness (QED) is 0.158. The Bertz CT molecular complexity index is 2420. The number of rotatable bonds is 3. The third-order valence-electron chi connectivity index (χ3n) is 8.80. The van der Waals surface area contributed by atoms with Crippen LogP contribution in [0.2, 0.25) is 0 Å². The van der Waals surface area contributed by atoms with Crippen molar-refractivity contribution < 1.29 is 4.57 Å². The summed E-state index contributed by atoms with van der Waals surface area (Å²) in [6.45, 7) is 0. The lowest BCUT2D eigenvalue weighted by Gasteiger charge is -2.29. The van der Waals surface area contributed by atoms with Crippen molar-refractivity contribution in [3.8, 4) is 28.2 Å². The van der Waals surface area contributed by atoms with Gasteiger partial charge >= 0.3 is 0 Å². The summed E-state index contributed by atoms with van der Waals surface area (Å²) < 4.78 is 17.4. The highest BCUT2D eigenvalue weighted by Gasteiger charge is 2.39. The number of para-hydroxylation sites is 2. The topological polar surface area (TPSA) is 34.9 Å². The van der Waals surface area contributed by atoms with E-state index in [-0.39, 0.29) is 0 Å². The van der Waals surface area contributed by atoms with Crippen LogP contribution in [0.1, 0.15) is 0 Å². The van der Waals surface area contributed by atoms with Crippen LogP contribution < -0.4 is 15.9 Å². The van der Waals surface area contributed by atoms with E-state index >= 15 is 4.57 Å². The zero-order chi connectivity index (χ0) is 28.5. The van der Waals surface area contributed by atoms with Crippen LogP contribution in [0, 0.1) is 0 Å². The van der Waals surface area contributed by atoms with E-state index < -0.39 is 7.14 Å². The van der Waals surface area contributed by atoms with Gasteiger partial charge in [-0.15, -0.1) is 0 Å². The smallest absolute Gasteiger partial charge is 0.175 e. The molecule has 0 saturated carbocycles. The predicted octanol–water partition coefficient (Wildman–Crippen LogP) is 8.62. The predicted molar refractivity (Wildman–Crippen MR) is 180 cm³/mol. The first-order chi connectivity index (χ1) is 21.2. The van der Waals surface area contributed by atoms with E-state index in [0.29, 0.717) is 0 Å². The highest BCUT2D eigenvalue weighted by molar-refractivity contribution is 7.86. The van der Waals surface area contributed by atoms with E-state index in [1.807, 2.05) is 66.7 Å². The van der Waals surface area contributed by atoms with Gasteiger partial charge in [0.1, 0.15) is 5.82 Å². The molecule has 1 aliphatic heterocycles. The van der Waals surface area contributed by atoms with Gasteiger partial charge in [0.25, 0.3) is 0 Å². The molecule has 1 aliphatic rings. The largest absolute Gasteiger partial charge is 0.308 e. The minimum Gasteiger partial charge on any atom is -0.308 e. The van der Waals surface area contributed by atoms with Gasteiger partial charge in [0, 0.05) is 21.5 Å². The van der Waals surface area contributed by atoms with Crippen LogP contribution in [0.25, 0.3) is 60.8 Å². The van der Waals surface area contributed by atoms with Crippen LogP contribution >= 0.6 is 7.14 Å². The van der Waals surface area contributed by atoms with Crippen LogP contribution in [0.4, 0.5) is 0 Å². The molecule has 1 unspecified atom stereocenters. The van der Waals surface area contributed by atoms with Gasteiger partial charge in [-0.2, -0.15) is 0 Å². The van der Waals surface area contributed by atoms with Gasteiger partial charge in [-0.3, -0.25) is 4.57 Å². The third-order valence-corrected chi connectivity index (χ3v) is 11.9. The zero-order valence-corrected chi connectivity index (χ0v) is 24.1. The molecule has 0 bridgehead atoms. The Kier molecular flexibility index (Phi) is 5.17. The first-order valence-electron chi connectivity index (χ1n) is 14.5. The summed E-state index contributed by atoms with van der Waals surface area (Å²) in [6, 6.07) is 52.2. The Balaban J connectivity index is 1.25. The lowest BCUT2D eigenvalue weighted by Crippen LogP contribution is -2.32. The Labute approximate surface area is 249 Å². The van der Waals surface area contributed by atoms with E-state index in [1.54, 1.807) is 0 Å². The molecule has 0 aliphatic carbocycles. The Morgan fingerprint density at radius 2 is 1.19 bits per heavy atom. The van der Waals surface area contributed by atoms with Crippen molar-refractivity contribution >= 4 is 55.6 Å². The number of aromatic nitrogens is 2. The van der Waals surface area contributed by atoms with Gasteiger partial charge < -0.3 is 4.57 Å². The third kappa shape index (κ3) is 3.43. The number of nitrogens with zero attached hydrogens (tertiary/aromatic N) is 2. The van der Waals surface area contributed by atoms with E-state index in [1.165, 1.54) is 27.1 Å². The minimum atomic E-state index is -3.09. The molecule has 1 atom stereocenters. The van der Waals surface area contributed by atoms with Crippen LogP contribution in [-0.2, 0) is 4.57 Å². The van der Waals surface area contributed by atoms with Crippen molar-refractivity contribution in [2.75, 3.05) is 0 Å². The maximum Gasteiger partial charge on any atom is 0.175 e. The van der Waals surface area contributed by atoms with Gasteiger partial charge in [0.15, 0.2) is 7.14 Å². The summed E-state index contributed by atoms with van der Waals surface area (Å²) in [5.74, 6) is 0.851. The van der Waals surface area contributed by atoms with E-state index in [0.717, 1.165) is 49.6 Å². The second-order valence-corrected chi connectivity index (χ2v) is 13.8. The van der Waals surface area contributed by atoms with Crippen molar-refractivity contribution in [2.45, 2.75) is 0 Å². The fourth-order valence-corrected chi connectivity index (χ4v) is 9.86. The molecule has 0 saturated heterocycles. The molecular weight excluding hydrogens is 543 g/mol. The molecule has 43 heavy (non-hydrogen) atoms. The molecule has 3 nitrogen and oxygen atoms in total. The van der Waals surface area contributed by atoms with Gasteiger partial charge in [-0.1, -0.05) is 121 Å². The number of benzene rings is 7. The molecule has 8 aromatic rings. The summed E-state index contributed by atoms with van der Waals surface area (Å²) in [5.41, 5.74) is 6.09. The zero-order valence-electron chi connectivity index (χ0n) is 23.2. The standard InChI is InChI=1S/C39H25N2OP/c42-43(29-12-2-1-3-13-29)36-19-9-8-18-35(36)41-38-34(17-10-20-37(38)43)40-39(41)27-23-21-26(22-24-27)33-25-28-11-4-5-14-30(28)31-15-6-7-16-32(31)33/h1-25H. The van der Waals surface area contributed by atoms with Crippen LogP contribution in [0.5, 0.6) is 0 Å². The Hall–Kier alpha value is -5.24. The van der Waals surface area contributed by atoms with Crippen molar-refractivity contribution in [1.82, 2.24) is 9.55 Å². The summed E-state index contributed by atoms with van der Waals surface area (Å²) >= 11 is 0. The molecule has 9 rings (SSSR count). The van der Waals surface area contributed by atoms with E-state index in [2.05, 4.69) is 89.5 Å². The molecule has 7 aromatic carbocycles. The lowest BCUT2D eigenvalue weighted by molar-refractivity contribution is 0.592. The van der Waals surface area contributed by atoms with Crippen molar-refractivity contribution in [1.29, 1.82) is 0 Å². The summed E-state index contributed by atoms with van der Waals surface area (Å²) in [7, 11) is -3.09. The number of hydrogen-bond donors (Lipinski definition) is 0. The molecule has 4 heteroatoms. The van der Waals surface area contributed by atoms with Crippen molar-refractivity contribution in [3.63, 3.8) is 0 Å². The maximum absolute atomic E-state index is 15.2. The lowest BCUT2D eigenvalue weighted by atomic mass is 9.93. The summed E-state index contributed by atoms with van der Waals surface area (Å²) in [5, 5.41) is 7.53. The average Bonchev–Trinajstić information content (AvgIpc) is 3.48. The van der Waals surface area contributed by atoms with Crippen LogP contribution in [-0.4, -0.2) is 9.55 Å². The molecule has 0 N–H and O–H groups in total. The first kappa shape index (κ1) is 24.4. The highest BCUT2D eigenvalue weighted by atomic mass is 31.2. The molecule has 202 valence electrons. The molecule has 0 radical (unpaired) electrons. The number of hydrogen-bond acceptors (Lipinski definition) is 2. The second-order valence-electron chi connectivity index (χ2n) is 11.1. The van der Waals surface area contributed by atoms with Crippen LogP contribution in [0.15, 0.2) is 152 Å². The number of imidazole rings is 1. The average molecular weight is 569 g/mol. The molecule has 1 aromatic heterocycles. The van der Waals surface area contributed by atoms with E-state index in [9.17, 15) is 0 Å².